The van der Waals surface area contributed by atoms with Crippen LogP contribution in [0.4, 0.5) is 0 Å². The average Bonchev–Trinajstić information content (AvgIpc) is 2.90. The van der Waals surface area contributed by atoms with Crippen molar-refractivity contribution in [2.75, 3.05) is 7.11 Å². The number of halogens is 1. The largest absolute Gasteiger partial charge is 0.496 e. The van der Waals surface area contributed by atoms with Gasteiger partial charge in [0.2, 0.25) is 0 Å². The molecule has 0 aliphatic heterocycles. The minimum absolute atomic E-state index is 0.301. The lowest BCUT2D eigenvalue weighted by atomic mass is 10.2. The van der Waals surface area contributed by atoms with Gasteiger partial charge in [-0.25, -0.2) is 4.98 Å². The number of hydrogen-bond acceptors (Lipinski definition) is 4. The third-order valence-electron chi connectivity index (χ3n) is 2.82. The third kappa shape index (κ3) is 4.04. The Morgan fingerprint density at radius 1 is 1.47 bits per heavy atom. The van der Waals surface area contributed by atoms with Crippen molar-refractivity contribution in [2.45, 2.75) is 26.1 Å². The van der Waals surface area contributed by atoms with Crippen LogP contribution in [-0.4, -0.2) is 27.9 Å². The van der Waals surface area contributed by atoms with Crippen LogP contribution in [0.25, 0.3) is 0 Å². The quantitative estimate of drug-likeness (QED) is 0.885. The van der Waals surface area contributed by atoms with Crippen molar-refractivity contribution in [3.8, 4) is 5.75 Å². The molecule has 0 radical (unpaired) electrons. The van der Waals surface area contributed by atoms with Crippen molar-refractivity contribution in [2.24, 2.45) is 0 Å². The second-order valence-corrected chi connectivity index (χ2v) is 5.27. The van der Waals surface area contributed by atoms with Gasteiger partial charge in [-0.1, -0.05) is 22.0 Å². The lowest BCUT2D eigenvalue weighted by Gasteiger charge is -2.15. The smallest absolute Gasteiger partial charge is 0.137 e. The van der Waals surface area contributed by atoms with E-state index in [0.717, 1.165) is 28.9 Å². The number of methoxy groups -OCH3 is 1. The molecule has 1 aromatic carbocycles. The molecule has 0 aliphatic rings. The zero-order chi connectivity index (χ0) is 13.7. The minimum Gasteiger partial charge on any atom is -0.496 e. The number of ether oxygens (including phenoxy) is 1. The van der Waals surface area contributed by atoms with Gasteiger partial charge in [0.25, 0.3) is 0 Å². The fourth-order valence-corrected chi connectivity index (χ4v) is 2.16. The molecule has 6 heteroatoms. The molecule has 2 aromatic rings. The number of rotatable bonds is 6. The second-order valence-electron chi connectivity index (χ2n) is 4.36. The average molecular weight is 325 g/mol. The van der Waals surface area contributed by atoms with Crippen LogP contribution in [0, 0.1) is 0 Å². The van der Waals surface area contributed by atoms with Crippen LogP contribution in [0.15, 0.2) is 35.3 Å². The molecule has 5 nitrogen and oxygen atoms in total. The monoisotopic (exact) mass is 324 g/mol. The normalized spacial score (nSPS) is 12.4. The van der Waals surface area contributed by atoms with Crippen molar-refractivity contribution in [3.05, 3.63) is 40.9 Å². The third-order valence-corrected chi connectivity index (χ3v) is 3.31. The molecule has 1 unspecified atom stereocenters. The molecule has 0 saturated carbocycles. The Morgan fingerprint density at radius 3 is 3.00 bits per heavy atom. The van der Waals surface area contributed by atoms with E-state index in [9.17, 15) is 0 Å². The highest BCUT2D eigenvalue weighted by molar-refractivity contribution is 9.10. The van der Waals surface area contributed by atoms with E-state index >= 15 is 0 Å². The van der Waals surface area contributed by atoms with Crippen molar-refractivity contribution >= 4 is 15.9 Å². The molecule has 102 valence electrons. The van der Waals surface area contributed by atoms with Crippen LogP contribution in [0.1, 0.15) is 12.5 Å². The van der Waals surface area contributed by atoms with Gasteiger partial charge in [0, 0.05) is 22.6 Å². The number of nitrogens with zero attached hydrogens (tertiary/aromatic N) is 3. The van der Waals surface area contributed by atoms with E-state index in [1.807, 2.05) is 16.8 Å². The summed E-state index contributed by atoms with van der Waals surface area (Å²) in [6.45, 7) is 3.66. The van der Waals surface area contributed by atoms with E-state index in [1.165, 1.54) is 0 Å². The van der Waals surface area contributed by atoms with Crippen molar-refractivity contribution < 1.29 is 4.74 Å². The second kappa shape index (κ2) is 6.68. The van der Waals surface area contributed by atoms with E-state index in [4.69, 9.17) is 4.74 Å². The number of nitrogens with one attached hydrogen (secondary N) is 1. The topological polar surface area (TPSA) is 52.0 Å². The first-order valence-corrected chi connectivity index (χ1v) is 6.86. The highest BCUT2D eigenvalue weighted by Crippen LogP contribution is 2.23. The molecule has 1 N–H and O–H groups in total. The summed E-state index contributed by atoms with van der Waals surface area (Å²) in [5.41, 5.74) is 1.14. The van der Waals surface area contributed by atoms with Gasteiger partial charge in [-0.15, -0.1) is 0 Å². The van der Waals surface area contributed by atoms with Crippen molar-refractivity contribution in [3.63, 3.8) is 0 Å². The van der Waals surface area contributed by atoms with Crippen LogP contribution in [0.2, 0.25) is 0 Å². The Bertz CT molecular complexity index is 515. The fraction of sp³-hybridized carbons (Fsp3) is 0.385. The molecular weight excluding hydrogens is 308 g/mol. The molecule has 1 heterocycles. The molecule has 19 heavy (non-hydrogen) atoms. The number of aromatic nitrogens is 3. The lowest BCUT2D eigenvalue weighted by Crippen LogP contribution is -2.30. The molecule has 0 aliphatic carbocycles. The summed E-state index contributed by atoms with van der Waals surface area (Å²) in [5.74, 6) is 0.884. The Hall–Kier alpha value is -1.40. The molecule has 0 spiro atoms. The van der Waals surface area contributed by atoms with Gasteiger partial charge >= 0.3 is 0 Å². The van der Waals surface area contributed by atoms with Gasteiger partial charge in [-0.3, -0.25) is 4.68 Å². The highest BCUT2D eigenvalue weighted by Gasteiger charge is 2.07. The van der Waals surface area contributed by atoms with Gasteiger partial charge in [0.05, 0.1) is 13.7 Å². The molecular formula is C13H17BrN4O. The Labute approximate surface area is 121 Å². The van der Waals surface area contributed by atoms with Crippen LogP contribution in [0.3, 0.4) is 0 Å². The first-order chi connectivity index (χ1) is 9.19. The van der Waals surface area contributed by atoms with Gasteiger partial charge in [-0.2, -0.15) is 5.10 Å². The summed E-state index contributed by atoms with van der Waals surface area (Å²) in [6.07, 6.45) is 3.27. The molecule has 0 saturated heterocycles. The first kappa shape index (κ1) is 14.0. The summed E-state index contributed by atoms with van der Waals surface area (Å²) < 4.78 is 8.20. The highest BCUT2D eigenvalue weighted by atomic mass is 79.9. The Morgan fingerprint density at radius 2 is 2.32 bits per heavy atom. The summed E-state index contributed by atoms with van der Waals surface area (Å²) >= 11 is 3.44. The van der Waals surface area contributed by atoms with Crippen LogP contribution in [-0.2, 0) is 13.1 Å². The van der Waals surface area contributed by atoms with Gasteiger partial charge in [-0.05, 0) is 19.1 Å². The predicted molar refractivity (Wildman–Crippen MR) is 77.0 cm³/mol. The molecule has 0 bridgehead atoms. The Kier molecular flexibility index (Phi) is 4.93. The SMILES string of the molecule is COc1cc(Br)ccc1CNC(C)Cn1cncn1. The molecule has 0 fully saturated rings. The summed E-state index contributed by atoms with van der Waals surface area (Å²) in [7, 11) is 1.68. The standard InChI is InChI=1S/C13H17BrN4O/c1-10(7-18-9-15-8-17-18)16-6-11-3-4-12(14)5-13(11)19-2/h3-5,8-10,16H,6-7H2,1-2H3. The van der Waals surface area contributed by atoms with Gasteiger partial charge in [0.15, 0.2) is 0 Å². The predicted octanol–water partition coefficient (Wildman–Crippen LogP) is 2.23. The number of hydrogen-bond donors (Lipinski definition) is 1. The van der Waals surface area contributed by atoms with Crippen molar-refractivity contribution in [1.82, 2.24) is 20.1 Å². The van der Waals surface area contributed by atoms with E-state index in [2.05, 4.69) is 44.3 Å². The molecule has 2 rings (SSSR count). The minimum atomic E-state index is 0.301. The zero-order valence-electron chi connectivity index (χ0n) is 11.0. The molecule has 1 aromatic heterocycles. The first-order valence-electron chi connectivity index (χ1n) is 6.07. The van der Waals surface area contributed by atoms with E-state index in [1.54, 1.807) is 19.8 Å². The molecule has 0 amide bonds. The van der Waals surface area contributed by atoms with Gasteiger partial charge < -0.3 is 10.1 Å². The summed E-state index contributed by atoms with van der Waals surface area (Å²) in [4.78, 5) is 3.93. The van der Waals surface area contributed by atoms with E-state index in [0.29, 0.717) is 6.04 Å². The molecule has 1 atom stereocenters. The maximum Gasteiger partial charge on any atom is 0.137 e. The van der Waals surface area contributed by atoms with E-state index in [-0.39, 0.29) is 0 Å². The van der Waals surface area contributed by atoms with E-state index < -0.39 is 0 Å². The van der Waals surface area contributed by atoms with Gasteiger partial charge in [0.1, 0.15) is 18.4 Å². The lowest BCUT2D eigenvalue weighted by molar-refractivity contribution is 0.400. The maximum atomic E-state index is 5.37. The van der Waals surface area contributed by atoms with Crippen LogP contribution in [0.5, 0.6) is 5.75 Å². The zero-order valence-corrected chi connectivity index (χ0v) is 12.6. The van der Waals surface area contributed by atoms with Crippen LogP contribution < -0.4 is 10.1 Å². The summed E-state index contributed by atoms with van der Waals surface area (Å²) in [5, 5.41) is 7.54. The van der Waals surface area contributed by atoms with Crippen molar-refractivity contribution in [1.29, 1.82) is 0 Å². The van der Waals surface area contributed by atoms with Crippen LogP contribution >= 0.6 is 15.9 Å². The number of benzene rings is 1. The summed E-state index contributed by atoms with van der Waals surface area (Å²) in [6, 6.07) is 6.34. The fourth-order valence-electron chi connectivity index (χ4n) is 1.82. The maximum absolute atomic E-state index is 5.37. The Balaban J connectivity index is 1.91.